The van der Waals surface area contributed by atoms with Gasteiger partial charge in [0.25, 0.3) is 5.91 Å². The van der Waals surface area contributed by atoms with Crippen molar-refractivity contribution >= 4 is 32.6 Å². The molecule has 3 aromatic rings. The molecule has 1 aliphatic rings. The van der Waals surface area contributed by atoms with Crippen LogP contribution in [0.1, 0.15) is 23.2 Å². The van der Waals surface area contributed by atoms with Crippen LogP contribution in [0.25, 0.3) is 10.2 Å². The average Bonchev–Trinajstić information content (AvgIpc) is 3.35. The van der Waals surface area contributed by atoms with E-state index >= 15 is 0 Å². The Kier molecular flexibility index (Phi) is 5.23. The van der Waals surface area contributed by atoms with Crippen molar-refractivity contribution in [1.29, 1.82) is 0 Å². The van der Waals surface area contributed by atoms with Gasteiger partial charge >= 0.3 is 0 Å². The lowest BCUT2D eigenvalue weighted by atomic mass is 10.1. The van der Waals surface area contributed by atoms with Gasteiger partial charge in [-0.2, -0.15) is 0 Å². The molecule has 1 saturated heterocycles. The Morgan fingerprint density at radius 3 is 2.96 bits per heavy atom. The number of carbonyl (C=O) groups is 1. The number of methoxy groups -OCH3 is 1. The maximum Gasteiger partial charge on any atom is 0.260 e. The first-order valence-corrected chi connectivity index (χ1v) is 9.70. The van der Waals surface area contributed by atoms with E-state index in [0.29, 0.717) is 34.3 Å². The van der Waals surface area contributed by atoms with Crippen LogP contribution in [0.5, 0.6) is 5.75 Å². The summed E-state index contributed by atoms with van der Waals surface area (Å²) in [5.74, 6) is -1.16. The van der Waals surface area contributed by atoms with E-state index in [9.17, 15) is 13.6 Å². The zero-order valence-electron chi connectivity index (χ0n) is 15.2. The molecule has 2 aromatic carbocycles. The van der Waals surface area contributed by atoms with Crippen molar-refractivity contribution in [3.05, 3.63) is 53.6 Å². The summed E-state index contributed by atoms with van der Waals surface area (Å²) in [5.41, 5.74) is 0.473. The molecule has 1 aromatic heterocycles. The number of anilines is 1. The minimum atomic E-state index is -0.747. The van der Waals surface area contributed by atoms with Crippen molar-refractivity contribution in [2.24, 2.45) is 0 Å². The molecule has 0 radical (unpaired) electrons. The molecule has 2 heterocycles. The van der Waals surface area contributed by atoms with E-state index in [0.717, 1.165) is 30.2 Å². The lowest BCUT2D eigenvalue weighted by Crippen LogP contribution is -2.37. The van der Waals surface area contributed by atoms with Gasteiger partial charge in [-0.3, -0.25) is 9.69 Å². The normalized spacial score (nSPS) is 16.5. The molecule has 1 amide bonds. The maximum atomic E-state index is 14.1. The van der Waals surface area contributed by atoms with Crippen LogP contribution >= 0.6 is 11.3 Å². The van der Waals surface area contributed by atoms with E-state index in [1.54, 1.807) is 24.3 Å². The highest BCUT2D eigenvalue weighted by atomic mass is 32.1. The van der Waals surface area contributed by atoms with Gasteiger partial charge in [0.2, 0.25) is 0 Å². The molecule has 1 fully saturated rings. The Labute approximate surface area is 164 Å². The number of halogens is 2. The molecule has 5 nitrogen and oxygen atoms in total. The van der Waals surface area contributed by atoms with Gasteiger partial charge in [0.05, 0.1) is 24.5 Å². The molecule has 0 saturated carbocycles. The number of rotatable bonds is 5. The summed E-state index contributed by atoms with van der Waals surface area (Å²) in [4.78, 5) is 19.0. The summed E-state index contributed by atoms with van der Waals surface area (Å²) in [6.45, 7) is 0.936. The summed E-state index contributed by atoms with van der Waals surface area (Å²) in [7, 11) is 1.53. The molecular formula is C20H18F2N2O3S. The van der Waals surface area contributed by atoms with Crippen molar-refractivity contribution < 1.29 is 23.0 Å². The van der Waals surface area contributed by atoms with Gasteiger partial charge in [0, 0.05) is 18.2 Å². The first-order chi connectivity index (χ1) is 13.5. The van der Waals surface area contributed by atoms with Gasteiger partial charge < -0.3 is 9.47 Å². The topological polar surface area (TPSA) is 51.7 Å². The number of ether oxygens (including phenoxy) is 2. The number of aromatic nitrogens is 1. The zero-order chi connectivity index (χ0) is 19.7. The van der Waals surface area contributed by atoms with E-state index in [1.165, 1.54) is 18.1 Å². The Morgan fingerprint density at radius 1 is 1.36 bits per heavy atom. The number of amides is 1. The van der Waals surface area contributed by atoms with Gasteiger partial charge in [-0.25, -0.2) is 13.8 Å². The molecule has 0 aliphatic carbocycles. The molecule has 0 bridgehead atoms. The summed E-state index contributed by atoms with van der Waals surface area (Å²) < 4.78 is 38.9. The predicted octanol–water partition coefficient (Wildman–Crippen LogP) is 4.41. The maximum absolute atomic E-state index is 14.1. The highest BCUT2D eigenvalue weighted by Crippen LogP contribution is 2.33. The third-order valence-corrected chi connectivity index (χ3v) is 5.63. The quantitative estimate of drug-likeness (QED) is 0.632. The van der Waals surface area contributed by atoms with Crippen molar-refractivity contribution in [2.45, 2.75) is 18.9 Å². The third-order valence-electron chi connectivity index (χ3n) is 4.60. The molecular weight excluding hydrogens is 386 g/mol. The van der Waals surface area contributed by atoms with Gasteiger partial charge in [0.1, 0.15) is 17.1 Å². The Hall–Kier alpha value is -2.58. The second-order valence-electron chi connectivity index (χ2n) is 6.51. The number of nitrogens with zero attached hydrogens (tertiary/aromatic N) is 2. The lowest BCUT2D eigenvalue weighted by molar-refractivity contribution is 0.0917. The van der Waals surface area contributed by atoms with Crippen LogP contribution < -0.4 is 9.64 Å². The predicted molar refractivity (Wildman–Crippen MR) is 103 cm³/mol. The van der Waals surface area contributed by atoms with E-state index in [2.05, 4.69) is 4.98 Å². The zero-order valence-corrected chi connectivity index (χ0v) is 16.0. The van der Waals surface area contributed by atoms with Crippen LogP contribution in [-0.2, 0) is 4.74 Å². The number of hydrogen-bond donors (Lipinski definition) is 0. The molecule has 4 rings (SSSR count). The molecule has 8 heteroatoms. The summed E-state index contributed by atoms with van der Waals surface area (Å²) in [6.07, 6.45) is 1.63. The molecule has 1 unspecified atom stereocenters. The Balaban J connectivity index is 1.74. The van der Waals surface area contributed by atoms with Gasteiger partial charge in [-0.05, 0) is 37.1 Å². The largest absolute Gasteiger partial charge is 0.497 e. The van der Waals surface area contributed by atoms with E-state index in [1.807, 2.05) is 0 Å². The molecule has 0 spiro atoms. The summed E-state index contributed by atoms with van der Waals surface area (Å²) in [6, 6.07) is 8.81. The second kappa shape index (κ2) is 7.81. The van der Waals surface area contributed by atoms with E-state index < -0.39 is 11.6 Å². The smallest absolute Gasteiger partial charge is 0.260 e. The molecule has 1 aliphatic heterocycles. The monoisotopic (exact) mass is 404 g/mol. The van der Waals surface area contributed by atoms with Crippen LogP contribution in [0.15, 0.2) is 36.4 Å². The lowest BCUT2D eigenvalue weighted by Gasteiger charge is -2.23. The van der Waals surface area contributed by atoms with Crippen molar-refractivity contribution in [1.82, 2.24) is 4.98 Å². The van der Waals surface area contributed by atoms with Gasteiger partial charge in [-0.1, -0.05) is 17.4 Å². The molecule has 1 atom stereocenters. The number of carbonyl (C=O) groups excluding carboxylic acids is 1. The van der Waals surface area contributed by atoms with Crippen LogP contribution in [0.2, 0.25) is 0 Å². The second-order valence-corrected chi connectivity index (χ2v) is 7.52. The highest BCUT2D eigenvalue weighted by molar-refractivity contribution is 7.22. The highest BCUT2D eigenvalue weighted by Gasteiger charge is 2.27. The van der Waals surface area contributed by atoms with E-state index in [-0.39, 0.29) is 17.5 Å². The van der Waals surface area contributed by atoms with E-state index in [4.69, 9.17) is 9.47 Å². The number of hydrogen-bond acceptors (Lipinski definition) is 5. The van der Waals surface area contributed by atoms with Crippen molar-refractivity contribution in [3.8, 4) is 5.75 Å². The number of fused-ring (bicyclic) bond motifs is 1. The number of benzene rings is 2. The Morgan fingerprint density at radius 2 is 2.21 bits per heavy atom. The minimum absolute atomic E-state index is 0.0529. The Bertz CT molecular complexity index is 1020. The fraction of sp³-hybridized carbons (Fsp3) is 0.300. The van der Waals surface area contributed by atoms with Crippen LogP contribution in [0.4, 0.5) is 13.9 Å². The summed E-state index contributed by atoms with van der Waals surface area (Å²) >= 11 is 1.08. The van der Waals surface area contributed by atoms with Crippen molar-refractivity contribution in [3.63, 3.8) is 0 Å². The fourth-order valence-corrected chi connectivity index (χ4v) is 4.23. The molecule has 0 N–H and O–H groups in total. The van der Waals surface area contributed by atoms with Crippen LogP contribution in [0.3, 0.4) is 0 Å². The van der Waals surface area contributed by atoms with Crippen LogP contribution in [-0.4, -0.2) is 37.3 Å². The standard InChI is InChI=1S/C20H18F2N2O3S/c1-26-14-5-2-4-12(8-14)19(25)24(11-15-6-3-7-27-15)20-23-18-16(22)9-13(21)10-17(18)28-20/h2,4-5,8-10,15H,3,6-7,11H2,1H3. The fourth-order valence-electron chi connectivity index (χ4n) is 3.21. The van der Waals surface area contributed by atoms with Gasteiger partial charge in [-0.15, -0.1) is 0 Å². The number of thiazole rings is 1. The third kappa shape index (κ3) is 3.70. The molecule has 28 heavy (non-hydrogen) atoms. The summed E-state index contributed by atoms with van der Waals surface area (Å²) in [5, 5.41) is 0.308. The van der Waals surface area contributed by atoms with Crippen LogP contribution in [0, 0.1) is 11.6 Å². The SMILES string of the molecule is COc1cccc(C(=O)N(CC2CCCO2)c2nc3c(F)cc(F)cc3s2)c1. The first kappa shape index (κ1) is 18.8. The van der Waals surface area contributed by atoms with Crippen molar-refractivity contribution in [2.75, 3.05) is 25.2 Å². The minimum Gasteiger partial charge on any atom is -0.497 e. The first-order valence-electron chi connectivity index (χ1n) is 8.88. The average molecular weight is 404 g/mol. The van der Waals surface area contributed by atoms with Gasteiger partial charge in [0.15, 0.2) is 10.9 Å². The molecule has 146 valence electrons.